The number of benzene rings is 2. The van der Waals surface area contributed by atoms with Gasteiger partial charge in [-0.3, -0.25) is 14.5 Å². The van der Waals surface area contributed by atoms with Crippen molar-refractivity contribution < 1.29 is 18.7 Å². The first-order valence-corrected chi connectivity index (χ1v) is 11.0. The van der Waals surface area contributed by atoms with Crippen molar-refractivity contribution in [3.63, 3.8) is 0 Å². The largest absolute Gasteiger partial charge is 0.493 e. The van der Waals surface area contributed by atoms with Crippen molar-refractivity contribution in [1.82, 2.24) is 10.2 Å². The van der Waals surface area contributed by atoms with Gasteiger partial charge in [-0.2, -0.15) is 0 Å². The van der Waals surface area contributed by atoms with Gasteiger partial charge in [0.15, 0.2) is 16.9 Å². The number of hydrogen-bond donors (Lipinski definition) is 0. The van der Waals surface area contributed by atoms with E-state index in [1.54, 1.807) is 30.3 Å². The van der Waals surface area contributed by atoms with Crippen molar-refractivity contribution in [2.45, 2.75) is 13.0 Å². The second kappa shape index (κ2) is 7.92. The fourth-order valence-corrected chi connectivity index (χ4v) is 4.62. The second-order valence-electron chi connectivity index (χ2n) is 6.96. The number of rotatable bonds is 5. The quantitative estimate of drug-likeness (QED) is 0.426. The van der Waals surface area contributed by atoms with Gasteiger partial charge < -0.3 is 13.9 Å². The molecule has 1 aliphatic rings. The Balaban J connectivity index is 1.78. The van der Waals surface area contributed by atoms with Gasteiger partial charge in [-0.1, -0.05) is 29.0 Å². The summed E-state index contributed by atoms with van der Waals surface area (Å²) in [6.07, 6.45) is 0. The summed E-state index contributed by atoms with van der Waals surface area (Å²) in [5.41, 5.74) is 2.33. The number of carbonyl (C=O) groups is 1. The first-order chi connectivity index (χ1) is 15.5. The number of anilines is 1. The summed E-state index contributed by atoms with van der Waals surface area (Å²) in [6.45, 7) is 2.34. The summed E-state index contributed by atoms with van der Waals surface area (Å²) in [5, 5.41) is 8.96. The number of methoxy groups -OCH3 is 1. The Bertz CT molecular complexity index is 1400. The highest BCUT2D eigenvalue weighted by molar-refractivity contribution is 7.13. The Hall–Kier alpha value is -3.43. The van der Waals surface area contributed by atoms with E-state index in [9.17, 15) is 9.59 Å². The van der Waals surface area contributed by atoms with E-state index in [4.69, 9.17) is 25.5 Å². The summed E-state index contributed by atoms with van der Waals surface area (Å²) in [5.74, 6) is 0.542. The van der Waals surface area contributed by atoms with Crippen LogP contribution >= 0.6 is 22.9 Å². The van der Waals surface area contributed by atoms with Gasteiger partial charge in [0, 0.05) is 5.02 Å². The zero-order valence-corrected chi connectivity index (χ0v) is 18.6. The van der Waals surface area contributed by atoms with E-state index < -0.39 is 11.9 Å². The Kier molecular flexibility index (Phi) is 5.07. The predicted octanol–water partition coefficient (Wildman–Crippen LogP) is 4.46. The molecule has 0 aliphatic carbocycles. The van der Waals surface area contributed by atoms with Gasteiger partial charge in [0.05, 0.1) is 30.7 Å². The van der Waals surface area contributed by atoms with E-state index in [1.807, 2.05) is 6.92 Å². The van der Waals surface area contributed by atoms with Gasteiger partial charge in [-0.05, 0) is 42.8 Å². The number of carbonyl (C=O) groups excluding carboxylic acids is 1. The molecule has 0 saturated heterocycles. The van der Waals surface area contributed by atoms with Crippen LogP contribution in [-0.2, 0) is 0 Å². The summed E-state index contributed by atoms with van der Waals surface area (Å²) < 4.78 is 17.0. The van der Waals surface area contributed by atoms with Crippen molar-refractivity contribution in [3.8, 4) is 11.5 Å². The molecule has 10 heteroatoms. The number of nitrogens with zero attached hydrogens (tertiary/aromatic N) is 3. The maximum Gasteiger partial charge on any atom is 0.297 e. The number of halogens is 1. The molecule has 1 amide bonds. The number of amides is 1. The standard InChI is InChI=1S/C22H16ClN3O5S/c1-3-30-15-6-4-11(8-16(15)29-2)18-17-19(27)13-9-12(23)5-7-14(13)31-20(17)21(28)26(18)22-25-24-10-32-22/h4-10,18H,3H2,1-2H3/t18-/m1/s1. The lowest BCUT2D eigenvalue weighted by Crippen LogP contribution is -2.29. The van der Waals surface area contributed by atoms with E-state index in [-0.39, 0.29) is 22.3 Å². The van der Waals surface area contributed by atoms with E-state index in [0.29, 0.717) is 39.2 Å². The molecule has 0 radical (unpaired) electrons. The molecule has 3 heterocycles. The van der Waals surface area contributed by atoms with E-state index >= 15 is 0 Å². The minimum atomic E-state index is -0.783. The number of hydrogen-bond acceptors (Lipinski definition) is 8. The lowest BCUT2D eigenvalue weighted by Gasteiger charge is -2.23. The van der Waals surface area contributed by atoms with Crippen LogP contribution in [0.2, 0.25) is 5.02 Å². The molecule has 2 aromatic heterocycles. The van der Waals surface area contributed by atoms with Gasteiger partial charge in [-0.15, -0.1) is 10.2 Å². The van der Waals surface area contributed by atoms with Crippen LogP contribution in [0, 0.1) is 0 Å². The third-order valence-electron chi connectivity index (χ3n) is 5.19. The molecule has 0 N–H and O–H groups in total. The molecule has 0 fully saturated rings. The number of fused-ring (bicyclic) bond motifs is 2. The van der Waals surface area contributed by atoms with Crippen LogP contribution in [-0.4, -0.2) is 29.8 Å². The monoisotopic (exact) mass is 469 g/mol. The smallest absolute Gasteiger partial charge is 0.297 e. The summed E-state index contributed by atoms with van der Waals surface area (Å²) >= 11 is 7.30. The molecular weight excluding hydrogens is 454 g/mol. The molecular formula is C22H16ClN3O5S. The summed E-state index contributed by atoms with van der Waals surface area (Å²) in [6, 6.07) is 9.22. The Morgan fingerprint density at radius 2 is 2.03 bits per heavy atom. The number of ether oxygens (including phenoxy) is 2. The molecule has 0 unspecified atom stereocenters. The molecule has 8 nitrogen and oxygen atoms in total. The fourth-order valence-electron chi connectivity index (χ4n) is 3.86. The van der Waals surface area contributed by atoms with Crippen molar-refractivity contribution in [2.75, 3.05) is 18.6 Å². The first kappa shape index (κ1) is 20.5. The van der Waals surface area contributed by atoms with Crippen molar-refractivity contribution >= 4 is 44.9 Å². The minimum absolute atomic E-state index is 0.0297. The van der Waals surface area contributed by atoms with Crippen molar-refractivity contribution in [1.29, 1.82) is 0 Å². The van der Waals surface area contributed by atoms with Gasteiger partial charge in [0.2, 0.25) is 10.9 Å². The van der Waals surface area contributed by atoms with Gasteiger partial charge in [-0.25, -0.2) is 0 Å². The highest BCUT2D eigenvalue weighted by Crippen LogP contribution is 2.43. The van der Waals surface area contributed by atoms with Crippen LogP contribution < -0.4 is 19.8 Å². The van der Waals surface area contributed by atoms with Gasteiger partial charge in [0.25, 0.3) is 5.91 Å². The zero-order valence-electron chi connectivity index (χ0n) is 17.0. The first-order valence-electron chi connectivity index (χ1n) is 9.70. The lowest BCUT2D eigenvalue weighted by molar-refractivity contribution is 0.0970. The molecule has 0 saturated carbocycles. The molecule has 0 spiro atoms. The number of aromatic nitrogens is 2. The minimum Gasteiger partial charge on any atom is -0.493 e. The highest BCUT2D eigenvalue weighted by Gasteiger charge is 2.45. The average molecular weight is 470 g/mol. The Morgan fingerprint density at radius 1 is 1.19 bits per heavy atom. The van der Waals surface area contributed by atoms with Gasteiger partial charge in [0.1, 0.15) is 11.1 Å². The maximum atomic E-state index is 13.6. The summed E-state index contributed by atoms with van der Waals surface area (Å²) in [4.78, 5) is 28.4. The van der Waals surface area contributed by atoms with Gasteiger partial charge >= 0.3 is 0 Å². The third kappa shape index (κ3) is 3.12. The average Bonchev–Trinajstić information content (AvgIpc) is 3.41. The van der Waals surface area contributed by atoms with E-state index in [1.165, 1.54) is 34.9 Å². The molecule has 4 aromatic rings. The molecule has 2 aromatic carbocycles. The summed E-state index contributed by atoms with van der Waals surface area (Å²) in [7, 11) is 1.53. The van der Waals surface area contributed by atoms with Crippen LogP contribution in [0.15, 0.2) is 51.1 Å². The topological polar surface area (TPSA) is 94.8 Å². The maximum absolute atomic E-state index is 13.6. The molecule has 1 atom stereocenters. The van der Waals surface area contributed by atoms with E-state index in [0.717, 1.165) is 0 Å². The molecule has 162 valence electrons. The predicted molar refractivity (Wildman–Crippen MR) is 120 cm³/mol. The zero-order chi connectivity index (χ0) is 22.4. The second-order valence-corrected chi connectivity index (χ2v) is 8.20. The Morgan fingerprint density at radius 3 is 2.75 bits per heavy atom. The Labute approximate surface area is 191 Å². The third-order valence-corrected chi connectivity index (χ3v) is 6.11. The fraction of sp³-hybridized carbons (Fsp3) is 0.182. The van der Waals surface area contributed by atoms with Crippen LogP contribution in [0.4, 0.5) is 5.13 Å². The van der Waals surface area contributed by atoms with Crippen LogP contribution in [0.3, 0.4) is 0 Å². The highest BCUT2D eigenvalue weighted by atomic mass is 35.5. The van der Waals surface area contributed by atoms with Crippen LogP contribution in [0.25, 0.3) is 11.0 Å². The van der Waals surface area contributed by atoms with Crippen molar-refractivity contribution in [3.05, 3.63) is 74.0 Å². The lowest BCUT2D eigenvalue weighted by atomic mass is 9.98. The SMILES string of the molecule is CCOc1ccc([C@@H]2c3c(oc4ccc(Cl)cc4c3=O)C(=O)N2c2nncs2)cc1OC. The van der Waals surface area contributed by atoms with E-state index in [2.05, 4.69) is 10.2 Å². The molecule has 5 rings (SSSR count). The normalized spacial score (nSPS) is 15.3. The molecule has 0 bridgehead atoms. The van der Waals surface area contributed by atoms with Crippen molar-refractivity contribution in [2.24, 2.45) is 0 Å². The molecule has 32 heavy (non-hydrogen) atoms. The molecule has 1 aliphatic heterocycles. The van der Waals surface area contributed by atoms with Crippen LogP contribution in [0.1, 0.15) is 34.6 Å². The van der Waals surface area contributed by atoms with Crippen LogP contribution in [0.5, 0.6) is 11.5 Å².